The zero-order chi connectivity index (χ0) is 15.8. The van der Waals surface area contributed by atoms with Gasteiger partial charge in [0.25, 0.3) is 0 Å². The normalized spacial score (nSPS) is 15.3. The number of carbonyl (C=O) groups is 1. The summed E-state index contributed by atoms with van der Waals surface area (Å²) in [6.45, 7) is 3.95. The molecular weight excluding hydrogens is 288 g/mol. The number of hydrogen-bond acceptors (Lipinski definition) is 4. The van der Waals surface area contributed by atoms with Crippen LogP contribution in [-0.2, 0) is 4.79 Å². The van der Waals surface area contributed by atoms with Gasteiger partial charge in [-0.2, -0.15) is 0 Å². The highest BCUT2D eigenvalue weighted by atomic mass is 16.2. The smallest absolute Gasteiger partial charge is 0.244 e. The third kappa shape index (κ3) is 2.44. The number of carbonyl (C=O) groups excluding carboxylic acids is 1. The van der Waals surface area contributed by atoms with E-state index in [1.807, 2.05) is 54.3 Å². The second-order valence-electron chi connectivity index (χ2n) is 5.82. The predicted octanol–water partition coefficient (Wildman–Crippen LogP) is 2.63. The monoisotopic (exact) mass is 306 g/mol. The minimum atomic E-state index is -0.0416. The van der Waals surface area contributed by atoms with Crippen LogP contribution in [0.15, 0.2) is 53.5 Å². The van der Waals surface area contributed by atoms with E-state index in [2.05, 4.69) is 21.3 Å². The van der Waals surface area contributed by atoms with Crippen molar-refractivity contribution >= 4 is 28.9 Å². The number of benzene rings is 2. The number of rotatable bonds is 3. The van der Waals surface area contributed by atoms with Crippen molar-refractivity contribution in [1.29, 1.82) is 0 Å². The van der Waals surface area contributed by atoms with E-state index in [1.165, 1.54) is 5.56 Å². The molecule has 2 aliphatic rings. The SMILES string of the molecule is Cc1ccc(NC(=O)CN2C3=NCCN3c3ccccc32)cc1. The minimum absolute atomic E-state index is 0.0416. The topological polar surface area (TPSA) is 47.9 Å². The first kappa shape index (κ1) is 13.8. The van der Waals surface area contributed by atoms with Crippen molar-refractivity contribution in [3.63, 3.8) is 0 Å². The minimum Gasteiger partial charge on any atom is -0.325 e. The van der Waals surface area contributed by atoms with Crippen LogP contribution in [-0.4, -0.2) is 31.5 Å². The maximum atomic E-state index is 12.4. The summed E-state index contributed by atoms with van der Waals surface area (Å²) in [4.78, 5) is 21.1. The molecule has 0 saturated heterocycles. The number of guanidine groups is 1. The van der Waals surface area contributed by atoms with Gasteiger partial charge >= 0.3 is 0 Å². The lowest BCUT2D eigenvalue weighted by Crippen LogP contribution is -2.40. The lowest BCUT2D eigenvalue weighted by Gasteiger charge is -2.19. The second kappa shape index (κ2) is 5.43. The number of fused-ring (bicyclic) bond motifs is 3. The van der Waals surface area contributed by atoms with Crippen molar-refractivity contribution in [3.05, 3.63) is 54.1 Å². The van der Waals surface area contributed by atoms with Crippen LogP contribution in [0.1, 0.15) is 5.56 Å². The van der Waals surface area contributed by atoms with E-state index in [4.69, 9.17) is 0 Å². The van der Waals surface area contributed by atoms with E-state index in [0.717, 1.165) is 36.1 Å². The van der Waals surface area contributed by atoms with Crippen molar-refractivity contribution in [2.24, 2.45) is 4.99 Å². The van der Waals surface area contributed by atoms with Gasteiger partial charge in [-0.1, -0.05) is 29.8 Å². The maximum Gasteiger partial charge on any atom is 0.244 e. The largest absolute Gasteiger partial charge is 0.325 e. The number of aliphatic imine (C=N–C) groups is 1. The van der Waals surface area contributed by atoms with Crippen LogP contribution >= 0.6 is 0 Å². The quantitative estimate of drug-likeness (QED) is 0.948. The summed E-state index contributed by atoms with van der Waals surface area (Å²) >= 11 is 0. The molecule has 23 heavy (non-hydrogen) atoms. The highest BCUT2D eigenvalue weighted by molar-refractivity contribution is 6.19. The van der Waals surface area contributed by atoms with E-state index in [9.17, 15) is 4.79 Å². The molecule has 0 aliphatic carbocycles. The van der Waals surface area contributed by atoms with Gasteiger partial charge in [0.1, 0.15) is 6.54 Å². The summed E-state index contributed by atoms with van der Waals surface area (Å²) in [5.41, 5.74) is 4.17. The zero-order valence-electron chi connectivity index (χ0n) is 13.0. The van der Waals surface area contributed by atoms with Gasteiger partial charge in [0.15, 0.2) is 0 Å². The second-order valence-corrected chi connectivity index (χ2v) is 5.82. The molecule has 0 spiro atoms. The van der Waals surface area contributed by atoms with Gasteiger partial charge in [0, 0.05) is 12.2 Å². The molecule has 5 nitrogen and oxygen atoms in total. The molecule has 5 heteroatoms. The van der Waals surface area contributed by atoms with Gasteiger partial charge in [-0.3, -0.25) is 9.79 Å². The molecule has 2 aromatic carbocycles. The van der Waals surface area contributed by atoms with Gasteiger partial charge in [0.05, 0.1) is 17.9 Å². The Hall–Kier alpha value is -2.82. The molecule has 0 bridgehead atoms. The first-order valence-electron chi connectivity index (χ1n) is 7.77. The van der Waals surface area contributed by atoms with E-state index < -0.39 is 0 Å². The fraction of sp³-hybridized carbons (Fsp3) is 0.222. The maximum absolute atomic E-state index is 12.4. The summed E-state index contributed by atoms with van der Waals surface area (Å²) in [5, 5.41) is 2.95. The lowest BCUT2D eigenvalue weighted by molar-refractivity contribution is -0.114. The van der Waals surface area contributed by atoms with E-state index in [-0.39, 0.29) is 12.5 Å². The molecule has 0 aromatic heterocycles. The van der Waals surface area contributed by atoms with Crippen molar-refractivity contribution in [2.45, 2.75) is 6.92 Å². The van der Waals surface area contributed by atoms with Crippen LogP contribution in [0.25, 0.3) is 0 Å². The van der Waals surface area contributed by atoms with Crippen LogP contribution in [0.4, 0.5) is 17.1 Å². The van der Waals surface area contributed by atoms with E-state index >= 15 is 0 Å². The average Bonchev–Trinajstić information content (AvgIpc) is 3.13. The van der Waals surface area contributed by atoms with Gasteiger partial charge in [0.2, 0.25) is 11.9 Å². The Labute approximate surface area is 135 Å². The van der Waals surface area contributed by atoms with E-state index in [0.29, 0.717) is 0 Å². The standard InChI is InChI=1S/C18H18N4O/c1-13-6-8-14(9-7-13)20-17(23)12-22-16-5-3-2-4-15(16)21-11-10-19-18(21)22/h2-9H,10-12H2,1H3,(H,20,23). The van der Waals surface area contributed by atoms with Gasteiger partial charge < -0.3 is 15.1 Å². The van der Waals surface area contributed by atoms with Crippen molar-refractivity contribution in [2.75, 3.05) is 34.8 Å². The third-order valence-electron chi connectivity index (χ3n) is 4.16. The van der Waals surface area contributed by atoms with Crippen LogP contribution in [0.5, 0.6) is 0 Å². The molecule has 2 aromatic rings. The average molecular weight is 306 g/mol. The Balaban J connectivity index is 1.54. The highest BCUT2D eigenvalue weighted by Crippen LogP contribution is 2.38. The molecule has 2 heterocycles. The molecule has 0 saturated carbocycles. The molecule has 1 N–H and O–H groups in total. The Morgan fingerprint density at radius 3 is 2.65 bits per heavy atom. The van der Waals surface area contributed by atoms with Crippen LogP contribution in [0, 0.1) is 6.92 Å². The van der Waals surface area contributed by atoms with Gasteiger partial charge in [-0.25, -0.2) is 0 Å². The third-order valence-corrected chi connectivity index (χ3v) is 4.16. The number of nitrogens with one attached hydrogen (secondary N) is 1. The molecule has 0 fully saturated rings. The summed E-state index contributed by atoms with van der Waals surface area (Å²) in [7, 11) is 0. The first-order valence-corrected chi connectivity index (χ1v) is 7.77. The summed E-state index contributed by atoms with van der Waals surface area (Å²) in [5.74, 6) is 0.838. The molecule has 0 unspecified atom stereocenters. The highest BCUT2D eigenvalue weighted by Gasteiger charge is 2.35. The molecule has 0 radical (unpaired) electrons. The fourth-order valence-corrected chi connectivity index (χ4v) is 3.06. The van der Waals surface area contributed by atoms with Crippen LogP contribution in [0.3, 0.4) is 0 Å². The molecule has 4 rings (SSSR count). The number of para-hydroxylation sites is 2. The zero-order valence-corrected chi connectivity index (χ0v) is 13.0. The van der Waals surface area contributed by atoms with Crippen molar-refractivity contribution < 1.29 is 4.79 Å². The molecule has 2 aliphatic heterocycles. The molecule has 1 amide bonds. The summed E-state index contributed by atoms with van der Waals surface area (Å²) < 4.78 is 0. The number of aryl methyl sites for hydroxylation is 1. The molecule has 116 valence electrons. The lowest BCUT2D eigenvalue weighted by atomic mass is 10.2. The molecule has 0 atom stereocenters. The van der Waals surface area contributed by atoms with Crippen LogP contribution < -0.4 is 15.1 Å². The van der Waals surface area contributed by atoms with Crippen LogP contribution in [0.2, 0.25) is 0 Å². The number of nitrogens with zero attached hydrogens (tertiary/aromatic N) is 3. The predicted molar refractivity (Wildman–Crippen MR) is 93.2 cm³/mol. The molecular formula is C18H18N4O. The number of hydrogen-bond donors (Lipinski definition) is 1. The Morgan fingerprint density at radius 1 is 1.13 bits per heavy atom. The Kier molecular flexibility index (Phi) is 3.26. The summed E-state index contributed by atoms with van der Waals surface area (Å²) in [6, 6.07) is 15.9. The Morgan fingerprint density at radius 2 is 1.87 bits per heavy atom. The fourth-order valence-electron chi connectivity index (χ4n) is 3.06. The number of anilines is 3. The van der Waals surface area contributed by atoms with E-state index in [1.54, 1.807) is 0 Å². The Bertz CT molecular complexity index is 782. The number of amides is 1. The van der Waals surface area contributed by atoms with Gasteiger partial charge in [-0.05, 0) is 31.2 Å². The first-order chi connectivity index (χ1) is 11.2. The summed E-state index contributed by atoms with van der Waals surface area (Å²) in [6.07, 6.45) is 0. The van der Waals surface area contributed by atoms with Gasteiger partial charge in [-0.15, -0.1) is 0 Å². The van der Waals surface area contributed by atoms with Crippen molar-refractivity contribution in [3.8, 4) is 0 Å². The van der Waals surface area contributed by atoms with Crippen molar-refractivity contribution in [1.82, 2.24) is 0 Å².